The molecule has 0 saturated carbocycles. The lowest BCUT2D eigenvalue weighted by molar-refractivity contribution is 0.0952. The number of amides is 1. The van der Waals surface area contributed by atoms with Crippen LogP contribution in [0.2, 0.25) is 0 Å². The molecule has 2 rings (SSSR count). The first-order chi connectivity index (χ1) is 9.58. The number of carbonyl (C=O) groups excluding carboxylic acids is 1. The van der Waals surface area contributed by atoms with Crippen molar-refractivity contribution in [3.05, 3.63) is 62.7 Å². The summed E-state index contributed by atoms with van der Waals surface area (Å²) >= 11 is 3.32. The van der Waals surface area contributed by atoms with Crippen LogP contribution in [0.3, 0.4) is 0 Å². The molecular formula is C14H14BrN3O2. The van der Waals surface area contributed by atoms with Crippen molar-refractivity contribution < 1.29 is 4.79 Å². The Morgan fingerprint density at radius 2 is 2.25 bits per heavy atom. The zero-order valence-corrected chi connectivity index (χ0v) is 12.6. The molecule has 0 spiro atoms. The lowest BCUT2D eigenvalue weighted by atomic mass is 10.2. The zero-order chi connectivity index (χ0) is 14.5. The number of carbonyl (C=O) groups is 1. The Morgan fingerprint density at radius 1 is 1.45 bits per heavy atom. The summed E-state index contributed by atoms with van der Waals surface area (Å²) in [5.41, 5.74) is 1.08. The molecule has 1 aromatic carbocycles. The Bertz CT molecular complexity index is 682. The average molecular weight is 336 g/mol. The van der Waals surface area contributed by atoms with Crippen LogP contribution < -0.4 is 10.9 Å². The number of nitrogens with zero attached hydrogens (tertiary/aromatic N) is 2. The Hall–Kier alpha value is -1.95. The average Bonchev–Trinajstić information content (AvgIpc) is 2.43. The van der Waals surface area contributed by atoms with Gasteiger partial charge in [0, 0.05) is 34.9 Å². The Morgan fingerprint density at radius 3 is 3.00 bits per heavy atom. The van der Waals surface area contributed by atoms with Gasteiger partial charge < -0.3 is 5.32 Å². The number of hydrogen-bond acceptors (Lipinski definition) is 3. The van der Waals surface area contributed by atoms with Gasteiger partial charge in [0.2, 0.25) is 0 Å². The van der Waals surface area contributed by atoms with Gasteiger partial charge in [-0.15, -0.1) is 0 Å². The van der Waals surface area contributed by atoms with E-state index in [-0.39, 0.29) is 11.5 Å². The summed E-state index contributed by atoms with van der Waals surface area (Å²) in [5.74, 6) is -0.167. The van der Waals surface area contributed by atoms with Crippen molar-refractivity contribution >= 4 is 21.8 Å². The summed E-state index contributed by atoms with van der Waals surface area (Å²) < 4.78 is 2.33. The summed E-state index contributed by atoms with van der Waals surface area (Å²) in [6, 6.07) is 7.14. The molecule has 0 unspecified atom stereocenters. The minimum absolute atomic E-state index is 0.0864. The predicted molar refractivity (Wildman–Crippen MR) is 79.7 cm³/mol. The molecule has 5 nitrogen and oxygen atoms in total. The van der Waals surface area contributed by atoms with Crippen LogP contribution in [-0.4, -0.2) is 22.0 Å². The monoisotopic (exact) mass is 335 g/mol. The van der Waals surface area contributed by atoms with E-state index in [1.54, 1.807) is 25.1 Å². The quantitative estimate of drug-likeness (QED) is 0.925. The SMILES string of the molecule is Cc1cncn(CCNC(=O)c2cccc(Br)c2)c1=O. The molecule has 0 atom stereocenters. The summed E-state index contributed by atoms with van der Waals surface area (Å²) in [7, 11) is 0. The van der Waals surface area contributed by atoms with Gasteiger partial charge in [0.1, 0.15) is 0 Å². The third-order valence-electron chi connectivity index (χ3n) is 2.80. The molecule has 0 radical (unpaired) electrons. The third kappa shape index (κ3) is 3.54. The molecule has 20 heavy (non-hydrogen) atoms. The lowest BCUT2D eigenvalue weighted by Gasteiger charge is -2.08. The normalized spacial score (nSPS) is 10.3. The first-order valence-corrected chi connectivity index (χ1v) is 6.92. The van der Waals surface area contributed by atoms with Crippen LogP contribution in [0.5, 0.6) is 0 Å². The highest BCUT2D eigenvalue weighted by molar-refractivity contribution is 9.10. The predicted octanol–water partition coefficient (Wildman–Crippen LogP) is 1.74. The van der Waals surface area contributed by atoms with Crippen LogP contribution >= 0.6 is 15.9 Å². The van der Waals surface area contributed by atoms with Crippen molar-refractivity contribution in [3.63, 3.8) is 0 Å². The van der Waals surface area contributed by atoms with Gasteiger partial charge in [-0.05, 0) is 25.1 Å². The van der Waals surface area contributed by atoms with E-state index in [0.717, 1.165) is 4.47 Å². The maximum Gasteiger partial charge on any atom is 0.256 e. The minimum Gasteiger partial charge on any atom is -0.350 e. The van der Waals surface area contributed by atoms with Crippen molar-refractivity contribution in [2.24, 2.45) is 0 Å². The smallest absolute Gasteiger partial charge is 0.256 e. The number of hydrogen-bond donors (Lipinski definition) is 1. The maximum absolute atomic E-state index is 11.9. The van der Waals surface area contributed by atoms with Crippen LogP contribution in [0.1, 0.15) is 15.9 Å². The van der Waals surface area contributed by atoms with Crippen molar-refractivity contribution in [1.82, 2.24) is 14.9 Å². The fourth-order valence-corrected chi connectivity index (χ4v) is 2.14. The number of nitrogens with one attached hydrogen (secondary N) is 1. The van der Waals surface area contributed by atoms with E-state index in [2.05, 4.69) is 26.2 Å². The van der Waals surface area contributed by atoms with Gasteiger partial charge in [-0.1, -0.05) is 22.0 Å². The topological polar surface area (TPSA) is 64.0 Å². The summed E-state index contributed by atoms with van der Waals surface area (Å²) in [6.07, 6.45) is 3.00. The van der Waals surface area contributed by atoms with Crippen LogP contribution in [0.4, 0.5) is 0 Å². The number of rotatable bonds is 4. The molecule has 0 saturated heterocycles. The van der Waals surface area contributed by atoms with Gasteiger partial charge in [-0.3, -0.25) is 14.2 Å². The molecule has 1 heterocycles. The van der Waals surface area contributed by atoms with Gasteiger partial charge >= 0.3 is 0 Å². The van der Waals surface area contributed by atoms with Crippen LogP contribution in [-0.2, 0) is 6.54 Å². The van der Waals surface area contributed by atoms with E-state index in [4.69, 9.17) is 0 Å². The van der Waals surface area contributed by atoms with Gasteiger partial charge in [-0.25, -0.2) is 4.98 Å². The number of halogens is 1. The first-order valence-electron chi connectivity index (χ1n) is 6.13. The van der Waals surface area contributed by atoms with Crippen LogP contribution in [0.25, 0.3) is 0 Å². The number of aromatic nitrogens is 2. The Balaban J connectivity index is 1.95. The first kappa shape index (κ1) is 14.5. The summed E-state index contributed by atoms with van der Waals surface area (Å²) in [6.45, 7) is 2.48. The van der Waals surface area contributed by atoms with E-state index in [9.17, 15) is 9.59 Å². The van der Waals surface area contributed by atoms with E-state index >= 15 is 0 Å². The van der Waals surface area contributed by atoms with Gasteiger partial charge in [0.05, 0.1) is 6.33 Å². The summed E-state index contributed by atoms with van der Waals surface area (Å²) in [4.78, 5) is 27.6. The molecule has 1 amide bonds. The largest absolute Gasteiger partial charge is 0.350 e. The molecular weight excluding hydrogens is 322 g/mol. The molecule has 1 N–H and O–H groups in total. The zero-order valence-electron chi connectivity index (χ0n) is 11.0. The highest BCUT2D eigenvalue weighted by atomic mass is 79.9. The van der Waals surface area contributed by atoms with Crippen molar-refractivity contribution in [2.75, 3.05) is 6.54 Å². The van der Waals surface area contributed by atoms with Gasteiger partial charge in [0.25, 0.3) is 11.5 Å². The van der Waals surface area contributed by atoms with E-state index in [1.165, 1.54) is 17.1 Å². The van der Waals surface area contributed by atoms with Crippen molar-refractivity contribution in [3.8, 4) is 0 Å². The second-order valence-electron chi connectivity index (χ2n) is 4.34. The number of benzene rings is 1. The standard InChI is InChI=1S/C14H14BrN3O2/c1-10-8-16-9-18(14(10)20)6-5-17-13(19)11-3-2-4-12(15)7-11/h2-4,7-9H,5-6H2,1H3,(H,17,19). The lowest BCUT2D eigenvalue weighted by Crippen LogP contribution is -2.31. The molecule has 1 aromatic heterocycles. The second kappa shape index (κ2) is 6.47. The fourth-order valence-electron chi connectivity index (χ4n) is 1.74. The Kier molecular flexibility index (Phi) is 4.68. The van der Waals surface area contributed by atoms with Crippen LogP contribution in [0, 0.1) is 6.92 Å². The summed E-state index contributed by atoms with van der Waals surface area (Å²) in [5, 5.41) is 2.77. The molecule has 6 heteroatoms. The minimum atomic E-state index is -0.167. The molecule has 0 fully saturated rings. The molecule has 0 aliphatic carbocycles. The van der Waals surface area contributed by atoms with Crippen molar-refractivity contribution in [2.45, 2.75) is 13.5 Å². The molecule has 104 valence electrons. The van der Waals surface area contributed by atoms with E-state index < -0.39 is 0 Å². The molecule has 0 aliphatic rings. The third-order valence-corrected chi connectivity index (χ3v) is 3.29. The second-order valence-corrected chi connectivity index (χ2v) is 5.26. The van der Waals surface area contributed by atoms with Crippen LogP contribution in [0.15, 0.2) is 46.1 Å². The van der Waals surface area contributed by atoms with E-state index in [0.29, 0.717) is 24.2 Å². The van der Waals surface area contributed by atoms with Gasteiger partial charge in [-0.2, -0.15) is 0 Å². The van der Waals surface area contributed by atoms with Gasteiger partial charge in [0.15, 0.2) is 0 Å². The highest BCUT2D eigenvalue weighted by Crippen LogP contribution is 2.11. The Labute approximate surface area is 124 Å². The van der Waals surface area contributed by atoms with Crippen molar-refractivity contribution in [1.29, 1.82) is 0 Å². The molecule has 0 aliphatic heterocycles. The highest BCUT2D eigenvalue weighted by Gasteiger charge is 2.05. The molecule has 2 aromatic rings. The number of aryl methyl sites for hydroxylation is 1. The fraction of sp³-hybridized carbons (Fsp3) is 0.214. The molecule has 0 bridgehead atoms. The maximum atomic E-state index is 11.9. The van der Waals surface area contributed by atoms with E-state index in [1.807, 2.05) is 6.07 Å².